The zero-order valence-electron chi connectivity index (χ0n) is 14.3. The molecule has 2 N–H and O–H groups in total. The number of rotatable bonds is 5. The maximum atomic E-state index is 13.7. The molecule has 2 aromatic carbocycles. The van der Waals surface area contributed by atoms with Crippen LogP contribution < -0.4 is 20.1 Å². The number of benzene rings is 2. The highest BCUT2D eigenvalue weighted by molar-refractivity contribution is 5.94. The second-order valence-corrected chi connectivity index (χ2v) is 6.08. The van der Waals surface area contributed by atoms with E-state index in [1.54, 1.807) is 13.2 Å². The van der Waals surface area contributed by atoms with Crippen LogP contribution in [0.2, 0.25) is 0 Å². The minimum absolute atomic E-state index is 0.120. The lowest BCUT2D eigenvalue weighted by Crippen LogP contribution is -2.24. The Hall–Kier alpha value is -2.60. The molecule has 6 heteroatoms. The Balaban J connectivity index is 1.85. The van der Waals surface area contributed by atoms with Crippen LogP contribution in [0.3, 0.4) is 0 Å². The molecule has 25 heavy (non-hydrogen) atoms. The maximum absolute atomic E-state index is 13.7. The number of nitrogens with one attached hydrogen (secondary N) is 2. The van der Waals surface area contributed by atoms with Crippen LogP contribution in [-0.2, 0) is 4.79 Å². The van der Waals surface area contributed by atoms with E-state index in [0.717, 1.165) is 18.5 Å². The summed E-state index contributed by atoms with van der Waals surface area (Å²) in [6, 6.07) is 9.57. The van der Waals surface area contributed by atoms with E-state index in [-0.39, 0.29) is 11.8 Å². The normalized spacial score (nSPS) is 16.5. The van der Waals surface area contributed by atoms with Crippen molar-refractivity contribution < 1.29 is 18.7 Å². The SMILES string of the molecule is COc1cc(C)ccc1Oc1ccc(F)cc1NC(=O)C1CCNC1. The van der Waals surface area contributed by atoms with Crippen molar-refractivity contribution in [2.75, 3.05) is 25.5 Å². The van der Waals surface area contributed by atoms with Gasteiger partial charge in [0.15, 0.2) is 17.2 Å². The first-order valence-corrected chi connectivity index (χ1v) is 8.20. The monoisotopic (exact) mass is 344 g/mol. The van der Waals surface area contributed by atoms with E-state index in [9.17, 15) is 9.18 Å². The molecule has 3 rings (SSSR count). The zero-order chi connectivity index (χ0) is 17.8. The Kier molecular flexibility index (Phi) is 5.19. The first-order valence-electron chi connectivity index (χ1n) is 8.20. The van der Waals surface area contributed by atoms with Gasteiger partial charge in [0.25, 0.3) is 0 Å². The third-order valence-electron chi connectivity index (χ3n) is 4.17. The minimum Gasteiger partial charge on any atom is -0.493 e. The van der Waals surface area contributed by atoms with E-state index < -0.39 is 5.82 Å². The molecule has 0 aliphatic carbocycles. The molecular weight excluding hydrogens is 323 g/mol. The van der Waals surface area contributed by atoms with Gasteiger partial charge in [-0.15, -0.1) is 0 Å². The number of aryl methyl sites for hydroxylation is 1. The molecule has 1 aliphatic heterocycles. The fraction of sp³-hybridized carbons (Fsp3) is 0.316. The van der Waals surface area contributed by atoms with Crippen molar-refractivity contribution in [3.63, 3.8) is 0 Å². The Morgan fingerprint density at radius 1 is 1.20 bits per heavy atom. The van der Waals surface area contributed by atoms with Crippen LogP contribution in [0.15, 0.2) is 36.4 Å². The maximum Gasteiger partial charge on any atom is 0.228 e. The molecule has 0 radical (unpaired) electrons. The van der Waals surface area contributed by atoms with E-state index in [1.165, 1.54) is 18.2 Å². The first-order chi connectivity index (χ1) is 12.1. The molecule has 0 spiro atoms. The number of amides is 1. The molecule has 132 valence electrons. The van der Waals surface area contributed by atoms with Gasteiger partial charge in [-0.2, -0.15) is 0 Å². The van der Waals surface area contributed by atoms with Gasteiger partial charge in [-0.3, -0.25) is 4.79 Å². The lowest BCUT2D eigenvalue weighted by molar-refractivity contribution is -0.119. The second-order valence-electron chi connectivity index (χ2n) is 6.08. The van der Waals surface area contributed by atoms with Gasteiger partial charge in [0.1, 0.15) is 5.82 Å². The van der Waals surface area contributed by atoms with Gasteiger partial charge < -0.3 is 20.1 Å². The highest BCUT2D eigenvalue weighted by Crippen LogP contribution is 2.36. The fourth-order valence-corrected chi connectivity index (χ4v) is 2.78. The average Bonchev–Trinajstić information content (AvgIpc) is 3.13. The van der Waals surface area contributed by atoms with Crippen molar-refractivity contribution >= 4 is 11.6 Å². The molecule has 2 aromatic rings. The van der Waals surface area contributed by atoms with Gasteiger partial charge in [-0.05, 0) is 49.7 Å². The number of halogens is 1. The Bertz CT molecular complexity index is 773. The van der Waals surface area contributed by atoms with Crippen LogP contribution in [-0.4, -0.2) is 26.1 Å². The van der Waals surface area contributed by atoms with E-state index >= 15 is 0 Å². The molecule has 0 aromatic heterocycles. The van der Waals surface area contributed by atoms with Crippen LogP contribution in [0, 0.1) is 18.7 Å². The van der Waals surface area contributed by atoms with Crippen LogP contribution in [0.25, 0.3) is 0 Å². The molecule has 5 nitrogen and oxygen atoms in total. The topological polar surface area (TPSA) is 59.6 Å². The molecule has 1 heterocycles. The number of carbonyl (C=O) groups is 1. The second kappa shape index (κ2) is 7.53. The van der Waals surface area contributed by atoms with Gasteiger partial charge in [0.05, 0.1) is 18.7 Å². The van der Waals surface area contributed by atoms with Gasteiger partial charge in [-0.1, -0.05) is 6.07 Å². The Morgan fingerprint density at radius 3 is 2.72 bits per heavy atom. The molecule has 1 atom stereocenters. The van der Waals surface area contributed by atoms with E-state index in [0.29, 0.717) is 29.5 Å². The number of methoxy groups -OCH3 is 1. The number of carbonyl (C=O) groups excluding carboxylic acids is 1. The molecule has 1 aliphatic rings. The molecule has 0 saturated carbocycles. The molecular formula is C19H21FN2O3. The van der Waals surface area contributed by atoms with Crippen LogP contribution in [0.5, 0.6) is 17.2 Å². The number of hydrogen-bond acceptors (Lipinski definition) is 4. The number of anilines is 1. The fourth-order valence-electron chi connectivity index (χ4n) is 2.78. The molecule has 1 saturated heterocycles. The standard InChI is InChI=1S/C19H21FN2O3/c1-12-3-5-17(18(9-12)24-2)25-16-6-4-14(20)10-15(16)22-19(23)13-7-8-21-11-13/h3-6,9-10,13,21H,7-8,11H2,1-2H3,(H,22,23). The van der Waals surface area contributed by atoms with Crippen molar-refractivity contribution in [3.8, 4) is 17.2 Å². The summed E-state index contributed by atoms with van der Waals surface area (Å²) >= 11 is 0. The zero-order valence-corrected chi connectivity index (χ0v) is 14.3. The molecule has 0 bridgehead atoms. The van der Waals surface area contributed by atoms with Gasteiger partial charge in [-0.25, -0.2) is 4.39 Å². The predicted octanol–water partition coefficient (Wildman–Crippen LogP) is 3.48. The summed E-state index contributed by atoms with van der Waals surface area (Å²) in [6.07, 6.45) is 0.767. The minimum atomic E-state index is -0.442. The van der Waals surface area contributed by atoms with Crippen LogP contribution in [0.4, 0.5) is 10.1 Å². The highest BCUT2D eigenvalue weighted by atomic mass is 19.1. The van der Waals surface area contributed by atoms with Crippen molar-refractivity contribution in [1.82, 2.24) is 5.32 Å². The average molecular weight is 344 g/mol. The highest BCUT2D eigenvalue weighted by Gasteiger charge is 2.23. The third-order valence-corrected chi connectivity index (χ3v) is 4.17. The Morgan fingerprint density at radius 2 is 2.00 bits per heavy atom. The summed E-state index contributed by atoms with van der Waals surface area (Å²) < 4.78 is 24.9. The van der Waals surface area contributed by atoms with Crippen molar-refractivity contribution in [2.24, 2.45) is 5.92 Å². The van der Waals surface area contributed by atoms with E-state index in [2.05, 4.69) is 10.6 Å². The van der Waals surface area contributed by atoms with Crippen LogP contribution in [0.1, 0.15) is 12.0 Å². The first kappa shape index (κ1) is 17.2. The lowest BCUT2D eigenvalue weighted by Gasteiger charge is -2.16. The summed E-state index contributed by atoms with van der Waals surface area (Å²) in [5.74, 6) is 0.728. The summed E-state index contributed by atoms with van der Waals surface area (Å²) in [6.45, 7) is 3.39. The molecule has 1 amide bonds. The van der Waals surface area contributed by atoms with E-state index in [1.807, 2.05) is 19.1 Å². The quantitative estimate of drug-likeness (QED) is 0.872. The molecule has 1 unspecified atom stereocenters. The number of hydrogen-bond donors (Lipinski definition) is 2. The van der Waals surface area contributed by atoms with Gasteiger partial charge in [0.2, 0.25) is 5.91 Å². The third kappa shape index (κ3) is 4.09. The number of ether oxygens (including phenoxy) is 2. The van der Waals surface area contributed by atoms with Crippen molar-refractivity contribution in [3.05, 3.63) is 47.8 Å². The largest absolute Gasteiger partial charge is 0.493 e. The summed E-state index contributed by atoms with van der Waals surface area (Å²) in [4.78, 5) is 12.3. The Labute approximate surface area is 146 Å². The van der Waals surface area contributed by atoms with Gasteiger partial charge >= 0.3 is 0 Å². The predicted molar refractivity (Wildman–Crippen MR) is 93.8 cm³/mol. The summed E-state index contributed by atoms with van der Waals surface area (Å²) in [5, 5.41) is 5.92. The summed E-state index contributed by atoms with van der Waals surface area (Å²) in [5.41, 5.74) is 1.34. The van der Waals surface area contributed by atoms with Crippen molar-refractivity contribution in [2.45, 2.75) is 13.3 Å². The molecule has 1 fully saturated rings. The van der Waals surface area contributed by atoms with Crippen molar-refractivity contribution in [1.29, 1.82) is 0 Å². The van der Waals surface area contributed by atoms with E-state index in [4.69, 9.17) is 9.47 Å². The van der Waals surface area contributed by atoms with Gasteiger partial charge in [0, 0.05) is 12.6 Å². The van der Waals surface area contributed by atoms with Crippen LogP contribution >= 0.6 is 0 Å². The lowest BCUT2D eigenvalue weighted by atomic mass is 10.1. The summed E-state index contributed by atoms with van der Waals surface area (Å²) in [7, 11) is 1.56. The smallest absolute Gasteiger partial charge is 0.228 e.